The quantitative estimate of drug-likeness (QED) is 0.548. The number of hydrogen-bond acceptors (Lipinski definition) is 3. The van der Waals surface area contributed by atoms with Crippen molar-refractivity contribution in [3.63, 3.8) is 0 Å². The number of nitrogens with one attached hydrogen (secondary N) is 2. The average Bonchev–Trinajstić information content (AvgIpc) is 2.55. The number of carbonyl (C=O) groups excluding carboxylic acids is 1. The van der Waals surface area contributed by atoms with Gasteiger partial charge in [-0.05, 0) is 36.4 Å². The van der Waals surface area contributed by atoms with E-state index in [1.165, 1.54) is 7.11 Å². The SMILES string of the molecule is COc1ccccc1C(=O)NC(Nc1ccc(Cl)cc1)C(Cl)(Cl)Cl. The average molecular weight is 408 g/mol. The van der Waals surface area contributed by atoms with Crippen molar-refractivity contribution in [3.05, 3.63) is 59.1 Å². The van der Waals surface area contributed by atoms with Crippen molar-refractivity contribution in [2.75, 3.05) is 12.4 Å². The number of benzene rings is 2. The summed E-state index contributed by atoms with van der Waals surface area (Å²) in [7, 11) is 1.48. The lowest BCUT2D eigenvalue weighted by atomic mass is 10.2. The molecule has 2 aromatic rings. The van der Waals surface area contributed by atoms with Crippen LogP contribution in [0.1, 0.15) is 10.4 Å². The molecule has 0 spiro atoms. The van der Waals surface area contributed by atoms with Gasteiger partial charge in [0.05, 0.1) is 12.7 Å². The van der Waals surface area contributed by atoms with E-state index in [1.54, 1.807) is 48.5 Å². The molecule has 0 radical (unpaired) electrons. The Morgan fingerprint density at radius 3 is 2.29 bits per heavy atom. The fourth-order valence-electron chi connectivity index (χ4n) is 1.95. The number of rotatable bonds is 5. The fourth-order valence-corrected chi connectivity index (χ4v) is 2.41. The standard InChI is InChI=1S/C16H14Cl4N2O2/c1-24-13-5-3-2-4-12(13)14(23)22-15(16(18,19)20)21-11-8-6-10(17)7-9-11/h2-9,15,21H,1H3,(H,22,23). The van der Waals surface area contributed by atoms with Crippen molar-refractivity contribution in [1.82, 2.24) is 5.32 Å². The molecule has 1 atom stereocenters. The zero-order chi connectivity index (χ0) is 17.7. The van der Waals surface area contributed by atoms with Gasteiger partial charge in [0, 0.05) is 10.7 Å². The summed E-state index contributed by atoms with van der Waals surface area (Å²) in [5, 5.41) is 6.18. The van der Waals surface area contributed by atoms with Gasteiger partial charge in [0.15, 0.2) is 0 Å². The van der Waals surface area contributed by atoms with Gasteiger partial charge in [0.25, 0.3) is 5.91 Å². The molecule has 2 N–H and O–H groups in total. The highest BCUT2D eigenvalue weighted by atomic mass is 35.6. The zero-order valence-corrected chi connectivity index (χ0v) is 15.5. The Hall–Kier alpha value is -1.33. The predicted molar refractivity (Wildman–Crippen MR) is 99.6 cm³/mol. The van der Waals surface area contributed by atoms with E-state index in [0.717, 1.165) is 0 Å². The molecular weight excluding hydrogens is 394 g/mol. The van der Waals surface area contributed by atoms with Crippen LogP contribution >= 0.6 is 46.4 Å². The summed E-state index contributed by atoms with van der Waals surface area (Å²) in [5.74, 6) is -0.0187. The van der Waals surface area contributed by atoms with E-state index in [2.05, 4.69) is 10.6 Å². The summed E-state index contributed by atoms with van der Waals surface area (Å²) in [4.78, 5) is 12.5. The van der Waals surface area contributed by atoms with Gasteiger partial charge in [0.2, 0.25) is 3.79 Å². The van der Waals surface area contributed by atoms with E-state index in [-0.39, 0.29) is 0 Å². The molecule has 0 aromatic heterocycles. The topological polar surface area (TPSA) is 50.4 Å². The second-order valence-electron chi connectivity index (χ2n) is 4.80. The lowest BCUT2D eigenvalue weighted by Crippen LogP contribution is -2.49. The smallest absolute Gasteiger partial charge is 0.256 e. The number of ether oxygens (including phenoxy) is 1. The first kappa shape index (κ1) is 19.0. The number of halogens is 4. The normalized spacial score (nSPS) is 12.4. The number of carbonyl (C=O) groups is 1. The molecule has 4 nitrogen and oxygen atoms in total. The maximum absolute atomic E-state index is 12.5. The van der Waals surface area contributed by atoms with Gasteiger partial charge in [-0.2, -0.15) is 0 Å². The Morgan fingerprint density at radius 1 is 1.08 bits per heavy atom. The molecule has 1 amide bonds. The first-order chi connectivity index (χ1) is 11.3. The Labute approximate surface area is 160 Å². The molecule has 0 aliphatic heterocycles. The summed E-state index contributed by atoms with van der Waals surface area (Å²) < 4.78 is 3.39. The summed E-state index contributed by atoms with van der Waals surface area (Å²) in [6.07, 6.45) is -0.971. The predicted octanol–water partition coefficient (Wildman–Crippen LogP) is 4.89. The number of amides is 1. The van der Waals surface area contributed by atoms with Crippen LogP contribution in [0.15, 0.2) is 48.5 Å². The summed E-state index contributed by atoms with van der Waals surface area (Å²) in [6.45, 7) is 0. The lowest BCUT2D eigenvalue weighted by Gasteiger charge is -2.27. The highest BCUT2D eigenvalue weighted by molar-refractivity contribution is 6.68. The van der Waals surface area contributed by atoms with Gasteiger partial charge in [0.1, 0.15) is 11.9 Å². The van der Waals surface area contributed by atoms with E-state index in [4.69, 9.17) is 51.1 Å². The Balaban J connectivity index is 2.20. The minimum Gasteiger partial charge on any atom is -0.496 e. The summed E-state index contributed by atoms with van der Waals surface area (Å²) in [5.41, 5.74) is 0.966. The van der Waals surface area contributed by atoms with Gasteiger partial charge >= 0.3 is 0 Å². The first-order valence-corrected chi connectivity index (χ1v) is 8.35. The van der Waals surface area contributed by atoms with Gasteiger partial charge in [-0.15, -0.1) is 0 Å². The molecule has 0 saturated carbocycles. The lowest BCUT2D eigenvalue weighted by molar-refractivity contribution is 0.0939. The molecule has 0 saturated heterocycles. The van der Waals surface area contributed by atoms with Gasteiger partial charge in [-0.3, -0.25) is 4.79 Å². The van der Waals surface area contributed by atoms with Crippen LogP contribution in [0.3, 0.4) is 0 Å². The zero-order valence-electron chi connectivity index (χ0n) is 12.5. The van der Waals surface area contributed by atoms with Crippen LogP contribution in [0, 0.1) is 0 Å². The second kappa shape index (κ2) is 8.17. The van der Waals surface area contributed by atoms with E-state index < -0.39 is 15.9 Å². The number of alkyl halides is 3. The van der Waals surface area contributed by atoms with E-state index in [0.29, 0.717) is 22.0 Å². The molecule has 8 heteroatoms. The van der Waals surface area contributed by atoms with Crippen LogP contribution in [-0.2, 0) is 0 Å². The maximum atomic E-state index is 12.5. The van der Waals surface area contributed by atoms with Crippen molar-refractivity contribution in [2.45, 2.75) is 9.96 Å². The van der Waals surface area contributed by atoms with Gasteiger partial charge < -0.3 is 15.4 Å². The van der Waals surface area contributed by atoms with Gasteiger partial charge in [-0.1, -0.05) is 58.5 Å². The Bertz CT molecular complexity index is 702. The minimum atomic E-state index is -1.78. The molecule has 24 heavy (non-hydrogen) atoms. The van der Waals surface area contributed by atoms with E-state index in [9.17, 15) is 4.79 Å². The van der Waals surface area contributed by atoms with Crippen LogP contribution in [0.2, 0.25) is 5.02 Å². The molecule has 0 heterocycles. The minimum absolute atomic E-state index is 0.331. The Kier molecular flexibility index (Phi) is 6.47. The van der Waals surface area contributed by atoms with Crippen LogP contribution in [0.4, 0.5) is 5.69 Å². The highest BCUT2D eigenvalue weighted by Crippen LogP contribution is 2.32. The molecule has 0 bridgehead atoms. The second-order valence-corrected chi connectivity index (χ2v) is 7.60. The molecule has 2 rings (SSSR count). The van der Waals surface area contributed by atoms with Crippen LogP contribution < -0.4 is 15.4 Å². The number of hydrogen-bond donors (Lipinski definition) is 2. The maximum Gasteiger partial charge on any atom is 0.256 e. The van der Waals surface area contributed by atoms with E-state index >= 15 is 0 Å². The van der Waals surface area contributed by atoms with Crippen LogP contribution in [0.25, 0.3) is 0 Å². The Morgan fingerprint density at radius 2 is 1.71 bits per heavy atom. The van der Waals surface area contributed by atoms with Crippen molar-refractivity contribution in [3.8, 4) is 5.75 Å². The summed E-state index contributed by atoms with van der Waals surface area (Å²) >= 11 is 23.8. The molecule has 1 unspecified atom stereocenters. The van der Waals surface area contributed by atoms with Crippen molar-refractivity contribution in [2.24, 2.45) is 0 Å². The molecular formula is C16H14Cl4N2O2. The third-order valence-electron chi connectivity index (χ3n) is 3.11. The third-order valence-corrected chi connectivity index (χ3v) is 4.02. The number of para-hydroxylation sites is 1. The monoisotopic (exact) mass is 406 g/mol. The van der Waals surface area contributed by atoms with Crippen LogP contribution in [-0.4, -0.2) is 23.0 Å². The number of anilines is 1. The van der Waals surface area contributed by atoms with E-state index in [1.807, 2.05) is 0 Å². The largest absolute Gasteiger partial charge is 0.496 e. The van der Waals surface area contributed by atoms with Crippen molar-refractivity contribution >= 4 is 58.0 Å². The third kappa shape index (κ3) is 5.08. The van der Waals surface area contributed by atoms with Crippen molar-refractivity contribution < 1.29 is 9.53 Å². The highest BCUT2D eigenvalue weighted by Gasteiger charge is 2.34. The number of methoxy groups -OCH3 is 1. The molecule has 128 valence electrons. The fraction of sp³-hybridized carbons (Fsp3) is 0.188. The molecule has 0 fully saturated rings. The first-order valence-electron chi connectivity index (χ1n) is 6.84. The van der Waals surface area contributed by atoms with Crippen LogP contribution in [0.5, 0.6) is 5.75 Å². The molecule has 0 aliphatic rings. The van der Waals surface area contributed by atoms with Gasteiger partial charge in [-0.25, -0.2) is 0 Å². The van der Waals surface area contributed by atoms with Crippen molar-refractivity contribution in [1.29, 1.82) is 0 Å². The molecule has 2 aromatic carbocycles. The summed E-state index contributed by atoms with van der Waals surface area (Å²) in [6, 6.07) is 13.5. The molecule has 0 aliphatic carbocycles.